The number of carbonyl (C=O) groups is 1. The number of ketones is 1. The molecule has 1 aliphatic rings. The molecule has 0 radical (unpaired) electrons. The highest BCUT2D eigenvalue weighted by Crippen LogP contribution is 2.28. The number of rotatable bonds is 1. The van der Waals surface area contributed by atoms with Gasteiger partial charge in [-0.3, -0.25) is 4.79 Å². The van der Waals surface area contributed by atoms with Crippen LogP contribution in [-0.4, -0.2) is 12.9 Å². The fourth-order valence-corrected chi connectivity index (χ4v) is 2.49. The third-order valence-electron chi connectivity index (χ3n) is 3.42. The molecule has 1 aliphatic carbocycles. The summed E-state index contributed by atoms with van der Waals surface area (Å²) in [4.78, 5) is 11.9. The van der Waals surface area contributed by atoms with Crippen LogP contribution in [0.5, 0.6) is 5.75 Å². The van der Waals surface area contributed by atoms with E-state index in [2.05, 4.69) is 6.07 Å². The summed E-state index contributed by atoms with van der Waals surface area (Å²) in [5, 5.41) is 2.26. The van der Waals surface area contributed by atoms with E-state index in [4.69, 9.17) is 4.74 Å². The van der Waals surface area contributed by atoms with Crippen LogP contribution in [0.3, 0.4) is 0 Å². The van der Waals surface area contributed by atoms with E-state index < -0.39 is 0 Å². The van der Waals surface area contributed by atoms with E-state index in [-0.39, 0.29) is 5.78 Å². The molecule has 0 unspecified atom stereocenters. The van der Waals surface area contributed by atoms with Crippen molar-refractivity contribution in [1.82, 2.24) is 0 Å². The molecule has 2 heteroatoms. The maximum atomic E-state index is 11.9. The molecule has 0 aliphatic heterocycles. The molecule has 2 aromatic rings. The summed E-state index contributed by atoms with van der Waals surface area (Å²) in [7, 11) is 1.66. The Balaban J connectivity index is 2.24. The number of ether oxygens (including phenoxy) is 1. The molecular weight excluding hydrogens is 212 g/mol. The zero-order valence-electron chi connectivity index (χ0n) is 9.82. The number of aryl methyl sites for hydroxylation is 1. The van der Waals surface area contributed by atoms with Crippen LogP contribution in [0.25, 0.3) is 10.8 Å². The molecular formula is C15H14O2. The standard InChI is InChI=1S/C15H14O2/c1-17-13-6-5-10-7-11-3-2-4-15(16)14(11)9-12(10)8-13/h5-9H,2-4H2,1H3. The molecule has 0 saturated carbocycles. The molecule has 86 valence electrons. The van der Waals surface area contributed by atoms with Gasteiger partial charge in [0.25, 0.3) is 0 Å². The summed E-state index contributed by atoms with van der Waals surface area (Å²) >= 11 is 0. The van der Waals surface area contributed by atoms with Gasteiger partial charge in [0.15, 0.2) is 5.78 Å². The molecule has 0 bridgehead atoms. The summed E-state index contributed by atoms with van der Waals surface area (Å²) < 4.78 is 5.21. The van der Waals surface area contributed by atoms with Gasteiger partial charge < -0.3 is 4.74 Å². The van der Waals surface area contributed by atoms with Gasteiger partial charge in [-0.1, -0.05) is 12.1 Å². The van der Waals surface area contributed by atoms with E-state index >= 15 is 0 Å². The van der Waals surface area contributed by atoms with Crippen molar-refractivity contribution in [1.29, 1.82) is 0 Å². The number of methoxy groups -OCH3 is 1. The first kappa shape index (κ1) is 10.3. The van der Waals surface area contributed by atoms with Crippen LogP contribution in [0.2, 0.25) is 0 Å². The van der Waals surface area contributed by atoms with Gasteiger partial charge in [-0.15, -0.1) is 0 Å². The van der Waals surface area contributed by atoms with Crippen molar-refractivity contribution in [2.45, 2.75) is 19.3 Å². The highest BCUT2D eigenvalue weighted by atomic mass is 16.5. The van der Waals surface area contributed by atoms with Crippen LogP contribution in [0.1, 0.15) is 28.8 Å². The lowest BCUT2D eigenvalue weighted by molar-refractivity contribution is 0.0972. The van der Waals surface area contributed by atoms with Crippen LogP contribution >= 0.6 is 0 Å². The fourth-order valence-electron chi connectivity index (χ4n) is 2.49. The number of Topliss-reactive ketones (excluding diaryl/α,β-unsaturated/α-hetero) is 1. The van der Waals surface area contributed by atoms with Crippen LogP contribution in [-0.2, 0) is 6.42 Å². The Kier molecular flexibility index (Phi) is 2.36. The first-order valence-corrected chi connectivity index (χ1v) is 5.92. The molecule has 0 fully saturated rings. The Hall–Kier alpha value is -1.83. The summed E-state index contributed by atoms with van der Waals surface area (Å²) in [6, 6.07) is 10.1. The van der Waals surface area contributed by atoms with Crippen molar-refractivity contribution >= 4 is 16.6 Å². The first-order chi connectivity index (χ1) is 8.28. The molecule has 17 heavy (non-hydrogen) atoms. The van der Waals surface area contributed by atoms with Gasteiger partial charge in [0.1, 0.15) is 5.75 Å². The topological polar surface area (TPSA) is 26.3 Å². The molecule has 0 aromatic heterocycles. The van der Waals surface area contributed by atoms with Crippen molar-refractivity contribution in [3.05, 3.63) is 41.5 Å². The van der Waals surface area contributed by atoms with E-state index in [0.717, 1.165) is 29.5 Å². The van der Waals surface area contributed by atoms with E-state index in [1.165, 1.54) is 10.9 Å². The normalized spacial score (nSPS) is 14.8. The number of hydrogen-bond donors (Lipinski definition) is 0. The molecule has 0 spiro atoms. The summed E-state index contributed by atoms with van der Waals surface area (Å²) in [6.07, 6.45) is 2.68. The van der Waals surface area contributed by atoms with Gasteiger partial charge in [0, 0.05) is 12.0 Å². The summed E-state index contributed by atoms with van der Waals surface area (Å²) in [5.41, 5.74) is 2.09. The third kappa shape index (κ3) is 1.70. The molecule has 2 nitrogen and oxygen atoms in total. The van der Waals surface area contributed by atoms with Gasteiger partial charge in [-0.05, 0) is 47.4 Å². The predicted molar refractivity (Wildman–Crippen MR) is 67.8 cm³/mol. The molecule has 0 heterocycles. The highest BCUT2D eigenvalue weighted by Gasteiger charge is 2.17. The molecule has 0 N–H and O–H groups in total. The van der Waals surface area contributed by atoms with Crippen molar-refractivity contribution in [3.63, 3.8) is 0 Å². The van der Waals surface area contributed by atoms with E-state index in [1.807, 2.05) is 24.3 Å². The minimum atomic E-state index is 0.274. The summed E-state index contributed by atoms with van der Waals surface area (Å²) in [5.74, 6) is 1.11. The molecule has 0 atom stereocenters. The lowest BCUT2D eigenvalue weighted by Crippen LogP contribution is -2.10. The second kappa shape index (κ2) is 3.88. The average Bonchev–Trinajstić information content (AvgIpc) is 2.37. The van der Waals surface area contributed by atoms with Gasteiger partial charge in [0.2, 0.25) is 0 Å². The molecule has 2 aromatic carbocycles. The zero-order valence-corrected chi connectivity index (χ0v) is 9.82. The van der Waals surface area contributed by atoms with Crippen molar-refractivity contribution in [2.24, 2.45) is 0 Å². The maximum absolute atomic E-state index is 11.9. The van der Waals surface area contributed by atoms with Gasteiger partial charge in [0.05, 0.1) is 7.11 Å². The van der Waals surface area contributed by atoms with Gasteiger partial charge >= 0.3 is 0 Å². The van der Waals surface area contributed by atoms with Gasteiger partial charge in [-0.2, -0.15) is 0 Å². The minimum Gasteiger partial charge on any atom is -0.497 e. The number of fused-ring (bicyclic) bond motifs is 2. The van der Waals surface area contributed by atoms with E-state index in [9.17, 15) is 4.79 Å². The highest BCUT2D eigenvalue weighted by molar-refractivity contribution is 6.02. The third-order valence-corrected chi connectivity index (χ3v) is 3.42. The Morgan fingerprint density at radius 2 is 1.94 bits per heavy atom. The van der Waals surface area contributed by atoms with Crippen LogP contribution in [0.15, 0.2) is 30.3 Å². The number of carbonyl (C=O) groups excluding carboxylic acids is 1. The first-order valence-electron chi connectivity index (χ1n) is 5.92. The second-order valence-electron chi connectivity index (χ2n) is 4.50. The monoisotopic (exact) mass is 226 g/mol. The van der Waals surface area contributed by atoms with Crippen LogP contribution in [0, 0.1) is 0 Å². The smallest absolute Gasteiger partial charge is 0.163 e. The molecule has 0 amide bonds. The average molecular weight is 226 g/mol. The zero-order chi connectivity index (χ0) is 11.8. The minimum absolute atomic E-state index is 0.274. The van der Waals surface area contributed by atoms with Gasteiger partial charge in [-0.25, -0.2) is 0 Å². The van der Waals surface area contributed by atoms with Crippen LogP contribution < -0.4 is 4.74 Å². The van der Waals surface area contributed by atoms with Crippen molar-refractivity contribution in [2.75, 3.05) is 7.11 Å². The van der Waals surface area contributed by atoms with Crippen LogP contribution in [0.4, 0.5) is 0 Å². The van der Waals surface area contributed by atoms with E-state index in [0.29, 0.717) is 6.42 Å². The SMILES string of the molecule is COc1ccc2cc3c(cc2c1)C(=O)CCC3. The van der Waals surface area contributed by atoms with Crippen molar-refractivity contribution in [3.8, 4) is 5.75 Å². The molecule has 3 rings (SSSR count). The second-order valence-corrected chi connectivity index (χ2v) is 4.50. The largest absolute Gasteiger partial charge is 0.497 e. The lowest BCUT2D eigenvalue weighted by Gasteiger charge is -2.15. The Morgan fingerprint density at radius 1 is 1.06 bits per heavy atom. The fraction of sp³-hybridized carbons (Fsp3) is 0.267. The Labute approximate surface area is 100 Å². The summed E-state index contributed by atoms with van der Waals surface area (Å²) in [6.45, 7) is 0. The predicted octanol–water partition coefficient (Wildman–Crippen LogP) is 3.37. The lowest BCUT2D eigenvalue weighted by atomic mass is 9.88. The molecule has 0 saturated heterocycles. The Bertz CT molecular complexity index is 599. The number of benzene rings is 2. The Morgan fingerprint density at radius 3 is 2.76 bits per heavy atom. The maximum Gasteiger partial charge on any atom is 0.163 e. The quantitative estimate of drug-likeness (QED) is 0.745. The van der Waals surface area contributed by atoms with E-state index in [1.54, 1.807) is 7.11 Å². The number of hydrogen-bond acceptors (Lipinski definition) is 2. The van der Waals surface area contributed by atoms with Crippen molar-refractivity contribution < 1.29 is 9.53 Å².